The summed E-state index contributed by atoms with van der Waals surface area (Å²) in [5.74, 6) is 0.247. The molecular weight excluding hydrogens is 299 g/mol. The van der Waals surface area contributed by atoms with Gasteiger partial charge >= 0.3 is 0 Å². The molecule has 2 nitrogen and oxygen atoms in total. The highest BCUT2D eigenvalue weighted by Crippen LogP contribution is 2.31. The molecule has 0 aliphatic rings. The van der Waals surface area contributed by atoms with Crippen LogP contribution in [0.1, 0.15) is 17.2 Å². The second-order valence-corrected chi connectivity index (χ2v) is 4.67. The van der Waals surface area contributed by atoms with E-state index in [4.69, 9.17) is 4.74 Å². The number of aliphatic hydroxyl groups excluding tert-OH is 1. The van der Waals surface area contributed by atoms with Crippen LogP contribution in [0.2, 0.25) is 0 Å². The van der Waals surface area contributed by atoms with Crippen LogP contribution in [0.4, 0.5) is 4.39 Å². The molecule has 0 aliphatic carbocycles. The Labute approximate surface area is 113 Å². The molecule has 1 N–H and O–H groups in total. The van der Waals surface area contributed by atoms with Gasteiger partial charge < -0.3 is 9.84 Å². The highest BCUT2D eigenvalue weighted by atomic mass is 79.9. The van der Waals surface area contributed by atoms with E-state index in [1.165, 1.54) is 6.07 Å². The van der Waals surface area contributed by atoms with Gasteiger partial charge in [-0.2, -0.15) is 0 Å². The molecule has 0 radical (unpaired) electrons. The fourth-order valence-corrected chi connectivity index (χ4v) is 2.15. The maximum Gasteiger partial charge on any atom is 0.137 e. The van der Waals surface area contributed by atoms with E-state index in [1.807, 2.05) is 12.1 Å². The molecule has 0 bridgehead atoms. The van der Waals surface area contributed by atoms with E-state index in [0.717, 1.165) is 0 Å². The Morgan fingerprint density at radius 2 is 1.94 bits per heavy atom. The fraction of sp³-hybridized carbons (Fsp3) is 0.143. The van der Waals surface area contributed by atoms with Crippen LogP contribution in [0.15, 0.2) is 46.9 Å². The number of rotatable bonds is 3. The average molecular weight is 311 g/mol. The second-order valence-electron chi connectivity index (χ2n) is 3.82. The van der Waals surface area contributed by atoms with Gasteiger partial charge in [-0.1, -0.05) is 24.3 Å². The molecule has 0 aromatic heterocycles. The molecule has 1 atom stereocenters. The molecule has 2 aromatic rings. The molecule has 0 heterocycles. The summed E-state index contributed by atoms with van der Waals surface area (Å²) in [6.45, 7) is 0. The van der Waals surface area contributed by atoms with Gasteiger partial charge in [0.1, 0.15) is 17.7 Å². The minimum absolute atomic E-state index is 0.328. The van der Waals surface area contributed by atoms with Gasteiger partial charge in [0.2, 0.25) is 0 Å². The third-order valence-corrected chi connectivity index (χ3v) is 3.30. The number of para-hydroxylation sites is 1. The maximum absolute atomic E-state index is 13.2. The first-order chi connectivity index (χ1) is 8.63. The number of halogens is 2. The zero-order chi connectivity index (χ0) is 13.1. The molecule has 2 rings (SSSR count). The molecule has 0 fully saturated rings. The lowest BCUT2D eigenvalue weighted by atomic mass is 10.0. The van der Waals surface area contributed by atoms with Crippen molar-refractivity contribution >= 4 is 15.9 Å². The topological polar surface area (TPSA) is 29.5 Å². The maximum atomic E-state index is 13.2. The van der Waals surface area contributed by atoms with E-state index in [9.17, 15) is 9.50 Å². The molecule has 94 valence electrons. The highest BCUT2D eigenvalue weighted by Gasteiger charge is 2.15. The largest absolute Gasteiger partial charge is 0.496 e. The van der Waals surface area contributed by atoms with Crippen LogP contribution >= 0.6 is 15.9 Å². The van der Waals surface area contributed by atoms with Gasteiger partial charge in [0.15, 0.2) is 0 Å². The molecule has 0 aliphatic heterocycles. The number of ether oxygens (including phenoxy) is 1. The van der Waals surface area contributed by atoms with Crippen molar-refractivity contribution in [3.8, 4) is 5.75 Å². The zero-order valence-corrected chi connectivity index (χ0v) is 11.3. The van der Waals surface area contributed by atoms with E-state index in [2.05, 4.69) is 15.9 Å². The smallest absolute Gasteiger partial charge is 0.137 e. The van der Waals surface area contributed by atoms with Gasteiger partial charge in [-0.25, -0.2) is 4.39 Å². The van der Waals surface area contributed by atoms with E-state index < -0.39 is 6.10 Å². The fourth-order valence-electron chi connectivity index (χ4n) is 1.75. The Morgan fingerprint density at radius 3 is 2.61 bits per heavy atom. The Bertz CT molecular complexity index is 557. The van der Waals surface area contributed by atoms with Crippen molar-refractivity contribution in [2.75, 3.05) is 7.11 Å². The minimum atomic E-state index is -0.849. The molecular formula is C14H12BrFO2. The summed E-state index contributed by atoms with van der Waals surface area (Å²) in [7, 11) is 1.55. The SMILES string of the molecule is COc1ccccc1C(O)c1ccc(F)c(Br)c1. The molecule has 4 heteroatoms. The number of methoxy groups -OCH3 is 1. The summed E-state index contributed by atoms with van der Waals surface area (Å²) in [5.41, 5.74) is 1.26. The summed E-state index contributed by atoms with van der Waals surface area (Å²) in [5, 5.41) is 10.3. The molecule has 1 unspecified atom stereocenters. The number of aliphatic hydroxyl groups is 1. The van der Waals surface area contributed by atoms with E-state index >= 15 is 0 Å². The third kappa shape index (κ3) is 2.54. The summed E-state index contributed by atoms with van der Waals surface area (Å²) >= 11 is 3.11. The molecule has 18 heavy (non-hydrogen) atoms. The van der Waals surface area contributed by atoms with Gasteiger partial charge in [0.25, 0.3) is 0 Å². The number of benzene rings is 2. The van der Waals surface area contributed by atoms with Crippen LogP contribution < -0.4 is 4.74 Å². The highest BCUT2D eigenvalue weighted by molar-refractivity contribution is 9.10. The van der Waals surface area contributed by atoms with Crippen LogP contribution in [-0.2, 0) is 0 Å². The quantitative estimate of drug-likeness (QED) is 0.937. The number of hydrogen-bond acceptors (Lipinski definition) is 2. The summed E-state index contributed by atoms with van der Waals surface area (Å²) in [6.07, 6.45) is -0.849. The van der Waals surface area contributed by atoms with Crippen molar-refractivity contribution in [3.63, 3.8) is 0 Å². The predicted molar refractivity (Wildman–Crippen MR) is 71.2 cm³/mol. The molecule has 0 saturated heterocycles. The Morgan fingerprint density at radius 1 is 1.22 bits per heavy atom. The second kappa shape index (κ2) is 5.50. The van der Waals surface area contributed by atoms with Crippen molar-refractivity contribution < 1.29 is 14.2 Å². The first-order valence-corrected chi connectivity index (χ1v) is 6.18. The monoisotopic (exact) mass is 310 g/mol. The normalized spacial score (nSPS) is 12.2. The standard InChI is InChI=1S/C14H12BrFO2/c1-18-13-5-3-2-4-10(13)14(17)9-6-7-12(16)11(15)8-9/h2-8,14,17H,1H3. The summed E-state index contributed by atoms with van der Waals surface area (Å²) in [4.78, 5) is 0. The van der Waals surface area contributed by atoms with Gasteiger partial charge in [0.05, 0.1) is 11.6 Å². The van der Waals surface area contributed by atoms with Crippen LogP contribution in [0.3, 0.4) is 0 Å². The molecule has 0 saturated carbocycles. The van der Waals surface area contributed by atoms with Gasteiger partial charge in [-0.15, -0.1) is 0 Å². The summed E-state index contributed by atoms with van der Waals surface area (Å²) in [6, 6.07) is 11.6. The third-order valence-electron chi connectivity index (χ3n) is 2.69. The van der Waals surface area contributed by atoms with Crippen LogP contribution in [0.5, 0.6) is 5.75 Å². The van der Waals surface area contributed by atoms with Crippen molar-refractivity contribution in [2.24, 2.45) is 0 Å². The van der Waals surface area contributed by atoms with Crippen molar-refractivity contribution in [1.82, 2.24) is 0 Å². The molecule has 0 amide bonds. The van der Waals surface area contributed by atoms with E-state index in [0.29, 0.717) is 21.3 Å². The zero-order valence-electron chi connectivity index (χ0n) is 9.73. The van der Waals surface area contributed by atoms with Crippen molar-refractivity contribution in [2.45, 2.75) is 6.10 Å². The van der Waals surface area contributed by atoms with Gasteiger partial charge in [-0.3, -0.25) is 0 Å². The van der Waals surface area contributed by atoms with E-state index in [1.54, 1.807) is 31.4 Å². The van der Waals surface area contributed by atoms with E-state index in [-0.39, 0.29) is 5.82 Å². The lowest BCUT2D eigenvalue weighted by Gasteiger charge is -2.15. The van der Waals surface area contributed by atoms with Crippen LogP contribution in [0.25, 0.3) is 0 Å². The number of hydrogen-bond donors (Lipinski definition) is 1. The van der Waals surface area contributed by atoms with Crippen LogP contribution in [-0.4, -0.2) is 12.2 Å². The molecule has 0 spiro atoms. The van der Waals surface area contributed by atoms with Crippen molar-refractivity contribution in [1.29, 1.82) is 0 Å². The van der Waals surface area contributed by atoms with Gasteiger partial charge in [-0.05, 0) is 39.7 Å². The lowest BCUT2D eigenvalue weighted by molar-refractivity contribution is 0.214. The van der Waals surface area contributed by atoms with Gasteiger partial charge in [0, 0.05) is 5.56 Å². The first kappa shape index (κ1) is 13.1. The first-order valence-electron chi connectivity index (χ1n) is 5.39. The van der Waals surface area contributed by atoms with Crippen LogP contribution in [0, 0.1) is 5.82 Å². The van der Waals surface area contributed by atoms with Crippen molar-refractivity contribution in [3.05, 3.63) is 63.9 Å². The lowest BCUT2D eigenvalue weighted by Crippen LogP contribution is -2.02. The predicted octanol–water partition coefficient (Wildman–Crippen LogP) is 3.68. The average Bonchev–Trinajstić information content (AvgIpc) is 2.41. The Balaban J connectivity index is 2.41. The minimum Gasteiger partial charge on any atom is -0.496 e. The molecule has 2 aromatic carbocycles. The Hall–Kier alpha value is -1.39. The Kier molecular flexibility index (Phi) is 3.99. The summed E-state index contributed by atoms with van der Waals surface area (Å²) < 4.78 is 18.7.